The van der Waals surface area contributed by atoms with Crippen molar-refractivity contribution < 1.29 is 4.58 Å². The SMILES string of the molecule is Cc1cc(C)c(N2C=[N+](CCNCc3ccccc3)CC2)c(C)c1. The number of aryl methyl sites for hydroxylation is 3. The van der Waals surface area contributed by atoms with E-state index >= 15 is 0 Å². The summed E-state index contributed by atoms with van der Waals surface area (Å²) in [5, 5.41) is 3.53. The van der Waals surface area contributed by atoms with Gasteiger partial charge in [-0.2, -0.15) is 0 Å². The van der Waals surface area contributed by atoms with Crippen LogP contribution in [0.3, 0.4) is 0 Å². The standard InChI is InChI=1S/C21H28N3/c1-17-13-18(2)21(19(3)14-17)24-12-11-23(16-24)10-9-22-15-20-7-5-4-6-8-20/h4-8,13-14,16,22H,9-12,15H2,1-3H3/q+1. The molecule has 2 aromatic carbocycles. The van der Waals surface area contributed by atoms with E-state index in [-0.39, 0.29) is 0 Å². The maximum atomic E-state index is 3.53. The number of hydrogen-bond acceptors (Lipinski definition) is 2. The van der Waals surface area contributed by atoms with Gasteiger partial charge in [-0.15, -0.1) is 0 Å². The average Bonchev–Trinajstić information content (AvgIpc) is 3.00. The Morgan fingerprint density at radius 1 is 1.04 bits per heavy atom. The molecule has 0 fully saturated rings. The van der Waals surface area contributed by atoms with Crippen LogP contribution in [0.2, 0.25) is 0 Å². The van der Waals surface area contributed by atoms with Crippen LogP contribution in [0.15, 0.2) is 42.5 Å². The zero-order chi connectivity index (χ0) is 16.9. The molecule has 0 spiro atoms. The van der Waals surface area contributed by atoms with Crippen LogP contribution in [-0.2, 0) is 6.54 Å². The van der Waals surface area contributed by atoms with Crippen LogP contribution in [0.5, 0.6) is 0 Å². The molecule has 1 N–H and O–H groups in total. The molecule has 0 amide bonds. The highest BCUT2D eigenvalue weighted by atomic mass is 15.3. The summed E-state index contributed by atoms with van der Waals surface area (Å²) in [6, 6.07) is 15.1. The van der Waals surface area contributed by atoms with E-state index in [1.165, 1.54) is 27.9 Å². The Morgan fingerprint density at radius 3 is 2.46 bits per heavy atom. The molecule has 1 aliphatic rings. The van der Waals surface area contributed by atoms with E-state index < -0.39 is 0 Å². The molecule has 3 rings (SSSR count). The molecule has 3 nitrogen and oxygen atoms in total. The molecule has 1 aliphatic heterocycles. The monoisotopic (exact) mass is 322 g/mol. The fourth-order valence-corrected chi connectivity index (χ4v) is 3.56. The zero-order valence-electron chi connectivity index (χ0n) is 15.0. The van der Waals surface area contributed by atoms with E-state index in [1.54, 1.807) is 0 Å². The summed E-state index contributed by atoms with van der Waals surface area (Å²) in [7, 11) is 0. The maximum absolute atomic E-state index is 3.53. The number of benzene rings is 2. The molecule has 2 aromatic rings. The molecule has 0 aromatic heterocycles. The van der Waals surface area contributed by atoms with Crippen molar-refractivity contribution in [3.05, 3.63) is 64.7 Å². The van der Waals surface area contributed by atoms with E-state index in [9.17, 15) is 0 Å². The Balaban J connectivity index is 1.55. The normalized spacial score (nSPS) is 14.1. The Bertz CT molecular complexity index is 696. The highest BCUT2D eigenvalue weighted by Crippen LogP contribution is 2.26. The van der Waals surface area contributed by atoms with Crippen LogP contribution in [0.25, 0.3) is 0 Å². The number of rotatable bonds is 6. The van der Waals surface area contributed by atoms with Gasteiger partial charge in [-0.05, 0) is 37.5 Å². The summed E-state index contributed by atoms with van der Waals surface area (Å²) in [5.74, 6) is 0. The molecule has 3 heteroatoms. The van der Waals surface area contributed by atoms with Crippen molar-refractivity contribution in [3.8, 4) is 0 Å². The number of anilines is 1. The van der Waals surface area contributed by atoms with E-state index in [0.29, 0.717) is 0 Å². The van der Waals surface area contributed by atoms with E-state index in [1.807, 2.05) is 0 Å². The molecule has 0 unspecified atom stereocenters. The van der Waals surface area contributed by atoms with Gasteiger partial charge in [0.2, 0.25) is 6.34 Å². The Morgan fingerprint density at radius 2 is 1.75 bits per heavy atom. The van der Waals surface area contributed by atoms with Crippen LogP contribution in [0.1, 0.15) is 22.3 Å². The molecule has 0 bridgehead atoms. The smallest absolute Gasteiger partial charge is 0.239 e. The lowest BCUT2D eigenvalue weighted by Crippen LogP contribution is -2.25. The van der Waals surface area contributed by atoms with Crippen molar-refractivity contribution in [2.45, 2.75) is 27.3 Å². The minimum atomic E-state index is 0.939. The summed E-state index contributed by atoms with van der Waals surface area (Å²) in [5.41, 5.74) is 6.80. The third-order valence-electron chi connectivity index (χ3n) is 4.60. The molecule has 0 saturated heterocycles. The van der Waals surface area contributed by atoms with Crippen LogP contribution in [0.4, 0.5) is 5.69 Å². The second kappa shape index (κ2) is 7.63. The zero-order valence-corrected chi connectivity index (χ0v) is 15.0. The molecule has 126 valence electrons. The summed E-state index contributed by atoms with van der Waals surface area (Å²) in [6.45, 7) is 11.8. The second-order valence-corrected chi connectivity index (χ2v) is 6.75. The molecule has 0 aliphatic carbocycles. The van der Waals surface area contributed by atoms with Gasteiger partial charge in [0.1, 0.15) is 18.8 Å². The quantitative estimate of drug-likeness (QED) is 0.650. The van der Waals surface area contributed by atoms with Crippen molar-refractivity contribution >= 4 is 12.0 Å². The highest BCUT2D eigenvalue weighted by Gasteiger charge is 2.24. The molecule has 1 heterocycles. The minimum absolute atomic E-state index is 0.939. The lowest BCUT2D eigenvalue weighted by atomic mass is 10.0. The van der Waals surface area contributed by atoms with Gasteiger partial charge in [0.15, 0.2) is 0 Å². The van der Waals surface area contributed by atoms with Crippen LogP contribution >= 0.6 is 0 Å². The van der Waals surface area contributed by atoms with Gasteiger partial charge < -0.3 is 5.32 Å². The van der Waals surface area contributed by atoms with Crippen LogP contribution < -0.4 is 10.2 Å². The van der Waals surface area contributed by atoms with Crippen molar-refractivity contribution in [1.29, 1.82) is 0 Å². The van der Waals surface area contributed by atoms with Crippen LogP contribution in [0, 0.1) is 20.8 Å². The topological polar surface area (TPSA) is 18.3 Å². The third kappa shape index (κ3) is 4.04. The fourth-order valence-electron chi connectivity index (χ4n) is 3.56. The highest BCUT2D eigenvalue weighted by molar-refractivity contribution is 5.80. The number of hydrogen-bond donors (Lipinski definition) is 1. The lowest BCUT2D eigenvalue weighted by Gasteiger charge is -2.13. The predicted molar refractivity (Wildman–Crippen MR) is 102 cm³/mol. The fraction of sp³-hybridized carbons (Fsp3) is 0.381. The predicted octanol–water partition coefficient (Wildman–Crippen LogP) is 3.26. The molecule has 24 heavy (non-hydrogen) atoms. The first-order chi connectivity index (χ1) is 11.6. The van der Waals surface area contributed by atoms with E-state index in [2.05, 4.69) is 84.4 Å². The van der Waals surface area contributed by atoms with Gasteiger partial charge in [0.25, 0.3) is 0 Å². The molecular weight excluding hydrogens is 294 g/mol. The van der Waals surface area contributed by atoms with Crippen molar-refractivity contribution in [2.75, 3.05) is 31.1 Å². The van der Waals surface area contributed by atoms with Gasteiger partial charge >= 0.3 is 0 Å². The third-order valence-corrected chi connectivity index (χ3v) is 4.60. The van der Waals surface area contributed by atoms with Crippen molar-refractivity contribution in [3.63, 3.8) is 0 Å². The molecule has 0 saturated carbocycles. The van der Waals surface area contributed by atoms with Crippen LogP contribution in [-0.4, -0.2) is 37.1 Å². The largest absolute Gasteiger partial charge is 0.309 e. The molecular formula is C21H28N3+. The first-order valence-corrected chi connectivity index (χ1v) is 8.81. The van der Waals surface area contributed by atoms with Gasteiger partial charge in [0, 0.05) is 13.1 Å². The van der Waals surface area contributed by atoms with Gasteiger partial charge in [0.05, 0.1) is 6.54 Å². The maximum Gasteiger partial charge on any atom is 0.239 e. The minimum Gasteiger partial charge on any atom is -0.309 e. The molecule has 0 atom stereocenters. The molecule has 0 radical (unpaired) electrons. The summed E-state index contributed by atoms with van der Waals surface area (Å²) >= 11 is 0. The Labute approximate surface area is 145 Å². The van der Waals surface area contributed by atoms with Gasteiger partial charge in [-0.3, -0.25) is 4.58 Å². The van der Waals surface area contributed by atoms with Crippen molar-refractivity contribution in [1.82, 2.24) is 5.32 Å². The van der Waals surface area contributed by atoms with E-state index in [0.717, 1.165) is 32.7 Å². The second-order valence-electron chi connectivity index (χ2n) is 6.75. The number of nitrogens with zero attached hydrogens (tertiary/aromatic N) is 2. The average molecular weight is 322 g/mol. The Kier molecular flexibility index (Phi) is 5.31. The van der Waals surface area contributed by atoms with Gasteiger partial charge in [-0.1, -0.05) is 48.0 Å². The summed E-state index contributed by atoms with van der Waals surface area (Å²) < 4.78 is 2.41. The first kappa shape index (κ1) is 16.7. The Hall–Kier alpha value is -2.13. The lowest BCUT2D eigenvalue weighted by molar-refractivity contribution is -0.511. The van der Waals surface area contributed by atoms with Crippen molar-refractivity contribution in [2.24, 2.45) is 0 Å². The number of nitrogens with one attached hydrogen (secondary N) is 1. The van der Waals surface area contributed by atoms with E-state index in [4.69, 9.17) is 0 Å². The van der Waals surface area contributed by atoms with Gasteiger partial charge in [-0.25, -0.2) is 4.90 Å². The summed E-state index contributed by atoms with van der Waals surface area (Å²) in [4.78, 5) is 2.40. The summed E-state index contributed by atoms with van der Waals surface area (Å²) in [6.07, 6.45) is 2.29. The first-order valence-electron chi connectivity index (χ1n) is 8.81.